The quantitative estimate of drug-likeness (QED) is 0.486. The SMILES string of the molecule is [B]c1cc(C(=O)OC)cnc1NC(=S)C1CC1. The minimum Gasteiger partial charge on any atom is -0.465 e. The molecule has 2 rings (SSSR count). The Labute approximate surface area is 106 Å². The predicted octanol–water partition coefficient (Wildman–Crippen LogP) is 0.811. The van der Waals surface area contributed by atoms with E-state index in [-0.39, 0.29) is 0 Å². The lowest BCUT2D eigenvalue weighted by molar-refractivity contribution is 0.0600. The van der Waals surface area contributed by atoms with Gasteiger partial charge in [0, 0.05) is 12.1 Å². The van der Waals surface area contributed by atoms with Gasteiger partial charge >= 0.3 is 5.97 Å². The van der Waals surface area contributed by atoms with Crippen LogP contribution in [-0.4, -0.2) is 30.9 Å². The number of aromatic nitrogens is 1. The highest BCUT2D eigenvalue weighted by Gasteiger charge is 2.26. The molecular weight excluding hydrogens is 235 g/mol. The number of nitrogens with one attached hydrogen (secondary N) is 1. The highest BCUT2D eigenvalue weighted by atomic mass is 32.1. The molecule has 86 valence electrons. The number of thiocarbonyl (C=S) groups is 1. The molecule has 0 saturated heterocycles. The zero-order chi connectivity index (χ0) is 12.4. The molecule has 6 heteroatoms. The molecule has 4 nitrogen and oxygen atoms in total. The Bertz CT molecular complexity index is 475. The topological polar surface area (TPSA) is 51.2 Å². The number of carbonyl (C=O) groups is 1. The maximum absolute atomic E-state index is 11.3. The van der Waals surface area contributed by atoms with Gasteiger partial charge in [-0.2, -0.15) is 0 Å². The van der Waals surface area contributed by atoms with Crippen LogP contribution < -0.4 is 10.8 Å². The number of hydrogen-bond acceptors (Lipinski definition) is 4. The third-order valence-corrected chi connectivity index (χ3v) is 2.96. The summed E-state index contributed by atoms with van der Waals surface area (Å²) in [5.74, 6) is 0.488. The Morgan fingerprint density at radius 1 is 1.65 bits per heavy atom. The molecule has 0 aromatic carbocycles. The summed E-state index contributed by atoms with van der Waals surface area (Å²) in [6, 6.07) is 1.52. The number of esters is 1. The van der Waals surface area contributed by atoms with Crippen LogP contribution in [0.1, 0.15) is 23.2 Å². The fraction of sp³-hybridized carbons (Fsp3) is 0.364. The van der Waals surface area contributed by atoms with E-state index < -0.39 is 5.97 Å². The van der Waals surface area contributed by atoms with E-state index in [0.717, 1.165) is 17.8 Å². The number of carbonyl (C=O) groups excluding carboxylic acids is 1. The summed E-state index contributed by atoms with van der Waals surface area (Å²) in [5.41, 5.74) is 0.712. The summed E-state index contributed by atoms with van der Waals surface area (Å²) in [6.07, 6.45) is 3.65. The summed E-state index contributed by atoms with van der Waals surface area (Å²) in [7, 11) is 7.10. The molecular formula is C11H11BN2O2S. The van der Waals surface area contributed by atoms with Crippen LogP contribution in [0.3, 0.4) is 0 Å². The number of methoxy groups -OCH3 is 1. The monoisotopic (exact) mass is 246 g/mol. The highest BCUT2D eigenvalue weighted by molar-refractivity contribution is 7.80. The largest absolute Gasteiger partial charge is 0.465 e. The molecule has 1 N–H and O–H groups in total. The minimum absolute atomic E-state index is 0.327. The lowest BCUT2D eigenvalue weighted by Gasteiger charge is -2.10. The van der Waals surface area contributed by atoms with Crippen LogP contribution in [0.2, 0.25) is 0 Å². The van der Waals surface area contributed by atoms with Crippen molar-refractivity contribution in [1.82, 2.24) is 4.98 Å². The van der Waals surface area contributed by atoms with Crippen molar-refractivity contribution in [2.75, 3.05) is 12.4 Å². The molecule has 1 aliphatic carbocycles. The van der Waals surface area contributed by atoms with Crippen LogP contribution in [0.25, 0.3) is 0 Å². The molecule has 1 aliphatic rings. The minimum atomic E-state index is -0.458. The third kappa shape index (κ3) is 2.82. The first kappa shape index (κ1) is 12.0. The van der Waals surface area contributed by atoms with Gasteiger partial charge in [-0.3, -0.25) is 0 Å². The van der Waals surface area contributed by atoms with Crippen LogP contribution >= 0.6 is 12.2 Å². The normalized spacial score (nSPS) is 14.2. The Kier molecular flexibility index (Phi) is 3.42. The van der Waals surface area contributed by atoms with Gasteiger partial charge < -0.3 is 10.1 Å². The second-order valence-corrected chi connectivity index (χ2v) is 4.36. The van der Waals surface area contributed by atoms with Crippen molar-refractivity contribution in [3.05, 3.63) is 17.8 Å². The maximum atomic E-state index is 11.3. The van der Waals surface area contributed by atoms with Gasteiger partial charge in [0.1, 0.15) is 13.7 Å². The van der Waals surface area contributed by atoms with E-state index in [1.807, 2.05) is 0 Å². The van der Waals surface area contributed by atoms with Crippen molar-refractivity contribution in [1.29, 1.82) is 0 Å². The first-order chi connectivity index (χ1) is 8.11. The van der Waals surface area contributed by atoms with Gasteiger partial charge in [-0.05, 0) is 18.9 Å². The maximum Gasteiger partial charge on any atom is 0.339 e. The number of rotatable bonds is 3. The third-order valence-electron chi connectivity index (χ3n) is 2.53. The Morgan fingerprint density at radius 3 is 2.88 bits per heavy atom. The van der Waals surface area contributed by atoms with E-state index in [1.54, 1.807) is 0 Å². The van der Waals surface area contributed by atoms with Gasteiger partial charge in [0.05, 0.1) is 17.7 Å². The molecule has 1 aromatic rings. The zero-order valence-corrected chi connectivity index (χ0v) is 10.2. The van der Waals surface area contributed by atoms with Gasteiger partial charge in [0.15, 0.2) is 0 Å². The van der Waals surface area contributed by atoms with Crippen LogP contribution in [0.5, 0.6) is 0 Å². The van der Waals surface area contributed by atoms with Gasteiger partial charge in [-0.15, -0.1) is 0 Å². The Balaban J connectivity index is 2.13. The summed E-state index contributed by atoms with van der Waals surface area (Å²) in [5, 5.41) is 3.00. The number of hydrogen-bond donors (Lipinski definition) is 1. The fourth-order valence-electron chi connectivity index (χ4n) is 1.38. The van der Waals surface area contributed by atoms with Gasteiger partial charge in [0.25, 0.3) is 0 Å². The van der Waals surface area contributed by atoms with E-state index >= 15 is 0 Å². The summed E-state index contributed by atoms with van der Waals surface area (Å²) in [4.78, 5) is 16.1. The number of ether oxygens (including phenoxy) is 1. The number of anilines is 1. The lowest BCUT2D eigenvalue weighted by atomic mass is 9.95. The van der Waals surface area contributed by atoms with Crippen LogP contribution in [0.15, 0.2) is 12.3 Å². The number of pyridine rings is 1. The van der Waals surface area contributed by atoms with Crippen molar-refractivity contribution in [3.63, 3.8) is 0 Å². The second-order valence-electron chi connectivity index (χ2n) is 3.92. The molecule has 2 radical (unpaired) electrons. The van der Waals surface area contributed by atoms with Crippen LogP contribution in [0, 0.1) is 5.92 Å². The van der Waals surface area contributed by atoms with Gasteiger partial charge in [-0.1, -0.05) is 17.7 Å². The molecule has 0 unspecified atom stereocenters. The molecule has 1 saturated carbocycles. The smallest absolute Gasteiger partial charge is 0.339 e. The van der Waals surface area contributed by atoms with E-state index in [4.69, 9.17) is 20.1 Å². The summed E-state index contributed by atoms with van der Waals surface area (Å²) in [6.45, 7) is 0. The van der Waals surface area contributed by atoms with Crippen molar-refractivity contribution >= 4 is 42.3 Å². The first-order valence-electron chi connectivity index (χ1n) is 5.26. The molecule has 1 heterocycles. The Morgan fingerprint density at radius 2 is 2.35 bits per heavy atom. The molecule has 0 atom stereocenters. The van der Waals surface area contributed by atoms with Gasteiger partial charge in [0.2, 0.25) is 0 Å². The predicted molar refractivity (Wildman–Crippen MR) is 69.9 cm³/mol. The van der Waals surface area contributed by atoms with E-state index in [0.29, 0.717) is 22.8 Å². The van der Waals surface area contributed by atoms with E-state index in [9.17, 15) is 4.79 Å². The molecule has 1 aromatic heterocycles. The fourth-order valence-corrected chi connectivity index (χ4v) is 1.71. The number of nitrogens with zero attached hydrogens (tertiary/aromatic N) is 1. The molecule has 0 spiro atoms. The second kappa shape index (κ2) is 4.83. The Hall–Kier alpha value is -1.43. The van der Waals surface area contributed by atoms with Crippen molar-refractivity contribution < 1.29 is 9.53 Å². The molecule has 0 amide bonds. The first-order valence-corrected chi connectivity index (χ1v) is 5.67. The van der Waals surface area contributed by atoms with Crippen LogP contribution in [0.4, 0.5) is 5.82 Å². The average molecular weight is 246 g/mol. The standard InChI is InChI=1S/C11H11BN2O2S/c1-16-11(15)7-4-8(12)9(13-5-7)14-10(17)6-2-3-6/h4-6H,2-3H2,1H3,(H,13,14,17). The van der Waals surface area contributed by atoms with Crippen molar-refractivity contribution in [2.45, 2.75) is 12.8 Å². The highest BCUT2D eigenvalue weighted by Crippen LogP contribution is 2.30. The van der Waals surface area contributed by atoms with Gasteiger partial charge in [-0.25, -0.2) is 9.78 Å². The average Bonchev–Trinajstić information content (AvgIpc) is 3.14. The van der Waals surface area contributed by atoms with Crippen molar-refractivity contribution in [2.24, 2.45) is 5.92 Å². The molecule has 1 fully saturated rings. The summed E-state index contributed by atoms with van der Waals surface area (Å²) < 4.78 is 4.58. The van der Waals surface area contributed by atoms with Crippen LogP contribution in [-0.2, 0) is 4.74 Å². The summed E-state index contributed by atoms with van der Waals surface area (Å²) >= 11 is 5.19. The van der Waals surface area contributed by atoms with Crippen molar-refractivity contribution in [3.8, 4) is 0 Å². The molecule has 0 aliphatic heterocycles. The molecule has 0 bridgehead atoms. The lowest BCUT2D eigenvalue weighted by Crippen LogP contribution is -2.21. The van der Waals surface area contributed by atoms with E-state index in [2.05, 4.69) is 15.0 Å². The zero-order valence-electron chi connectivity index (χ0n) is 9.40. The molecule has 17 heavy (non-hydrogen) atoms. The van der Waals surface area contributed by atoms with E-state index in [1.165, 1.54) is 19.4 Å².